The van der Waals surface area contributed by atoms with E-state index in [9.17, 15) is 4.79 Å². The molecule has 1 N–H and O–H groups in total. The van der Waals surface area contributed by atoms with Gasteiger partial charge < -0.3 is 19.5 Å². The molecule has 1 unspecified atom stereocenters. The number of halogens is 1. The van der Waals surface area contributed by atoms with Crippen molar-refractivity contribution >= 4 is 17.5 Å². The van der Waals surface area contributed by atoms with Crippen molar-refractivity contribution in [2.45, 2.75) is 12.5 Å². The van der Waals surface area contributed by atoms with Crippen molar-refractivity contribution in [3.63, 3.8) is 0 Å². The first-order chi connectivity index (χ1) is 14.2. The van der Waals surface area contributed by atoms with E-state index >= 15 is 0 Å². The van der Waals surface area contributed by atoms with Crippen LogP contribution in [0, 0.1) is 0 Å². The summed E-state index contributed by atoms with van der Waals surface area (Å²) in [7, 11) is 1.65. The van der Waals surface area contributed by atoms with E-state index in [1.54, 1.807) is 31.4 Å². The van der Waals surface area contributed by atoms with Crippen LogP contribution in [0.15, 0.2) is 48.5 Å². The molecule has 0 saturated carbocycles. The van der Waals surface area contributed by atoms with Gasteiger partial charge in [-0.05, 0) is 42.0 Å². The van der Waals surface area contributed by atoms with Crippen molar-refractivity contribution in [3.05, 3.63) is 59.1 Å². The Hall–Kier alpha value is -2.28. The SMILES string of the molecule is COc1ccc(C(CNC(=O)CCOc2ccc(Cl)cc2)N2CCOCC2)cc1. The summed E-state index contributed by atoms with van der Waals surface area (Å²) >= 11 is 5.86. The topological polar surface area (TPSA) is 60.0 Å². The molecule has 7 heteroatoms. The molecule has 29 heavy (non-hydrogen) atoms. The van der Waals surface area contributed by atoms with E-state index < -0.39 is 0 Å². The summed E-state index contributed by atoms with van der Waals surface area (Å²) in [6, 6.07) is 15.2. The van der Waals surface area contributed by atoms with Crippen molar-refractivity contribution in [1.82, 2.24) is 10.2 Å². The van der Waals surface area contributed by atoms with Gasteiger partial charge in [0.1, 0.15) is 11.5 Å². The molecular weight excluding hydrogens is 392 g/mol. The van der Waals surface area contributed by atoms with Crippen LogP contribution in [0.5, 0.6) is 11.5 Å². The van der Waals surface area contributed by atoms with Crippen LogP contribution in [0.1, 0.15) is 18.0 Å². The van der Waals surface area contributed by atoms with E-state index in [1.165, 1.54) is 0 Å². The van der Waals surface area contributed by atoms with Crippen LogP contribution in [-0.2, 0) is 9.53 Å². The van der Waals surface area contributed by atoms with Crippen molar-refractivity contribution < 1.29 is 19.0 Å². The third-order valence-corrected chi connectivity index (χ3v) is 5.14. The number of nitrogens with one attached hydrogen (secondary N) is 1. The molecule has 0 bridgehead atoms. The second kappa shape index (κ2) is 11.0. The largest absolute Gasteiger partial charge is 0.497 e. The van der Waals surface area contributed by atoms with Crippen molar-refractivity contribution in [2.24, 2.45) is 0 Å². The molecule has 6 nitrogen and oxygen atoms in total. The number of benzene rings is 2. The molecule has 1 aliphatic rings. The summed E-state index contributed by atoms with van der Waals surface area (Å²) in [6.45, 7) is 3.94. The molecule has 1 heterocycles. The normalized spacial score (nSPS) is 15.5. The summed E-state index contributed by atoms with van der Waals surface area (Å²) in [5.41, 5.74) is 1.14. The highest BCUT2D eigenvalue weighted by Crippen LogP contribution is 2.23. The van der Waals surface area contributed by atoms with Crippen LogP contribution in [0.25, 0.3) is 0 Å². The molecule has 2 aromatic rings. The maximum atomic E-state index is 12.3. The van der Waals surface area contributed by atoms with Gasteiger partial charge in [-0.3, -0.25) is 9.69 Å². The molecule has 0 radical (unpaired) electrons. The number of hydrogen-bond donors (Lipinski definition) is 1. The van der Waals surface area contributed by atoms with Crippen LogP contribution in [0.3, 0.4) is 0 Å². The minimum absolute atomic E-state index is 0.0364. The number of nitrogens with zero attached hydrogens (tertiary/aromatic N) is 1. The monoisotopic (exact) mass is 418 g/mol. The van der Waals surface area contributed by atoms with Gasteiger partial charge in [0.25, 0.3) is 0 Å². The Morgan fingerprint density at radius 1 is 1.10 bits per heavy atom. The average molecular weight is 419 g/mol. The molecule has 0 spiro atoms. The quantitative estimate of drug-likeness (QED) is 0.677. The molecule has 1 fully saturated rings. The molecule has 1 amide bonds. The lowest BCUT2D eigenvalue weighted by molar-refractivity contribution is -0.121. The van der Waals surface area contributed by atoms with E-state index in [2.05, 4.69) is 22.3 Å². The molecule has 3 rings (SSSR count). The smallest absolute Gasteiger partial charge is 0.223 e. The number of amides is 1. The third-order valence-electron chi connectivity index (χ3n) is 4.89. The summed E-state index contributed by atoms with van der Waals surface area (Å²) in [5.74, 6) is 1.48. The van der Waals surface area contributed by atoms with E-state index in [1.807, 2.05) is 12.1 Å². The maximum absolute atomic E-state index is 12.3. The molecular formula is C22H27ClN2O4. The van der Waals surface area contributed by atoms with Crippen molar-refractivity contribution in [1.29, 1.82) is 0 Å². The predicted octanol–water partition coefficient (Wildman–Crippen LogP) is 3.31. The molecule has 156 valence electrons. The maximum Gasteiger partial charge on any atom is 0.223 e. The van der Waals surface area contributed by atoms with E-state index in [4.69, 9.17) is 25.8 Å². The summed E-state index contributed by atoms with van der Waals surface area (Å²) in [4.78, 5) is 14.7. The lowest BCUT2D eigenvalue weighted by Gasteiger charge is -2.35. The zero-order chi connectivity index (χ0) is 20.5. The Kier molecular flexibility index (Phi) is 8.16. The summed E-state index contributed by atoms with van der Waals surface area (Å²) in [6.07, 6.45) is 0.293. The highest BCUT2D eigenvalue weighted by atomic mass is 35.5. The first kappa shape index (κ1) is 21.4. The number of morpholine rings is 1. The van der Waals surface area contributed by atoms with Gasteiger partial charge in [-0.15, -0.1) is 0 Å². The van der Waals surface area contributed by atoms with Gasteiger partial charge in [-0.2, -0.15) is 0 Å². The Morgan fingerprint density at radius 3 is 2.41 bits per heavy atom. The van der Waals surface area contributed by atoms with E-state index in [0.717, 1.165) is 24.4 Å². The van der Waals surface area contributed by atoms with Crippen LogP contribution in [-0.4, -0.2) is 57.4 Å². The molecule has 0 aromatic heterocycles. The number of methoxy groups -OCH3 is 1. The number of carbonyl (C=O) groups is 1. The van der Waals surface area contributed by atoms with Gasteiger partial charge in [-0.1, -0.05) is 23.7 Å². The number of carbonyl (C=O) groups excluding carboxylic acids is 1. The van der Waals surface area contributed by atoms with Crippen LogP contribution >= 0.6 is 11.6 Å². The fourth-order valence-corrected chi connectivity index (χ4v) is 3.39. The lowest BCUT2D eigenvalue weighted by Crippen LogP contribution is -2.44. The number of ether oxygens (including phenoxy) is 3. The number of rotatable bonds is 9. The van der Waals surface area contributed by atoms with Gasteiger partial charge >= 0.3 is 0 Å². The van der Waals surface area contributed by atoms with E-state index in [0.29, 0.717) is 43.6 Å². The fraction of sp³-hybridized carbons (Fsp3) is 0.409. The van der Waals surface area contributed by atoms with Gasteiger partial charge in [-0.25, -0.2) is 0 Å². The minimum atomic E-state index is -0.0364. The van der Waals surface area contributed by atoms with Crippen molar-refractivity contribution in [2.75, 3.05) is 46.6 Å². The molecule has 0 aliphatic carbocycles. The average Bonchev–Trinajstić information content (AvgIpc) is 2.76. The van der Waals surface area contributed by atoms with Gasteiger partial charge in [0.05, 0.1) is 39.4 Å². The third kappa shape index (κ3) is 6.63. The standard InChI is InChI=1S/C22H27ClN2O4/c1-27-19-6-2-17(3-7-19)21(25-11-14-28-15-12-25)16-24-22(26)10-13-29-20-8-4-18(23)5-9-20/h2-9,21H,10-16H2,1H3,(H,24,26). The number of hydrogen-bond acceptors (Lipinski definition) is 5. The second-order valence-corrected chi connectivity index (χ2v) is 7.23. The molecule has 2 aromatic carbocycles. The highest BCUT2D eigenvalue weighted by Gasteiger charge is 2.23. The molecule has 1 aliphatic heterocycles. The molecule has 1 atom stereocenters. The zero-order valence-corrected chi connectivity index (χ0v) is 17.4. The first-order valence-electron chi connectivity index (χ1n) is 9.76. The Labute approximate surface area is 176 Å². The van der Waals surface area contributed by atoms with Gasteiger partial charge in [0, 0.05) is 24.7 Å². The Morgan fingerprint density at radius 2 is 1.76 bits per heavy atom. The summed E-state index contributed by atoms with van der Waals surface area (Å²) < 4.78 is 16.3. The first-order valence-corrected chi connectivity index (χ1v) is 10.1. The molecule has 1 saturated heterocycles. The fourth-order valence-electron chi connectivity index (χ4n) is 3.26. The Balaban J connectivity index is 1.52. The minimum Gasteiger partial charge on any atom is -0.497 e. The van der Waals surface area contributed by atoms with Crippen LogP contribution < -0.4 is 14.8 Å². The van der Waals surface area contributed by atoms with E-state index in [-0.39, 0.29) is 11.9 Å². The van der Waals surface area contributed by atoms with Crippen molar-refractivity contribution in [3.8, 4) is 11.5 Å². The van der Waals surface area contributed by atoms with Gasteiger partial charge in [0.2, 0.25) is 5.91 Å². The highest BCUT2D eigenvalue weighted by molar-refractivity contribution is 6.30. The Bertz CT molecular complexity index is 761. The predicted molar refractivity (Wildman–Crippen MR) is 113 cm³/mol. The van der Waals surface area contributed by atoms with Gasteiger partial charge in [0.15, 0.2) is 0 Å². The van der Waals surface area contributed by atoms with Crippen LogP contribution in [0.2, 0.25) is 5.02 Å². The lowest BCUT2D eigenvalue weighted by atomic mass is 10.0. The zero-order valence-electron chi connectivity index (χ0n) is 16.6. The summed E-state index contributed by atoms with van der Waals surface area (Å²) in [5, 5.41) is 3.70. The second-order valence-electron chi connectivity index (χ2n) is 6.79. The van der Waals surface area contributed by atoms with Crippen LogP contribution in [0.4, 0.5) is 0 Å².